The van der Waals surface area contributed by atoms with Gasteiger partial charge in [-0.05, 0) is 61.0 Å². The second-order valence-electron chi connectivity index (χ2n) is 9.46. The largest absolute Gasteiger partial charge is 0.0657 e. The van der Waals surface area contributed by atoms with Gasteiger partial charge in [-0.3, -0.25) is 0 Å². The first kappa shape index (κ1) is 20.2. The molecule has 0 aromatic heterocycles. The van der Waals surface area contributed by atoms with Crippen molar-refractivity contribution in [2.75, 3.05) is 0 Å². The maximum atomic E-state index is 2.39. The van der Waals surface area contributed by atoms with Gasteiger partial charge in [0.25, 0.3) is 0 Å². The van der Waals surface area contributed by atoms with Gasteiger partial charge in [0.1, 0.15) is 0 Å². The third kappa shape index (κ3) is 5.97. The van der Waals surface area contributed by atoms with Crippen molar-refractivity contribution < 1.29 is 0 Å². The Morgan fingerprint density at radius 2 is 1.31 bits per heavy atom. The van der Waals surface area contributed by atoms with Crippen LogP contribution in [0.4, 0.5) is 0 Å². The van der Waals surface area contributed by atoms with Gasteiger partial charge in [-0.2, -0.15) is 0 Å². The molecule has 0 atom stereocenters. The quantitative estimate of drug-likeness (QED) is 0.417. The Balaban J connectivity index is 1.35. The molecule has 0 radical (unpaired) electrons. The summed E-state index contributed by atoms with van der Waals surface area (Å²) >= 11 is 0. The zero-order chi connectivity index (χ0) is 18.2. The summed E-state index contributed by atoms with van der Waals surface area (Å²) in [5.74, 6) is 3.21. The predicted molar refractivity (Wildman–Crippen MR) is 119 cm³/mol. The average molecular weight is 371 g/mol. The fraction of sp³-hybridized carbons (Fsp3) is 0.760. The summed E-state index contributed by atoms with van der Waals surface area (Å²) in [6, 6.07) is 14.4. The van der Waals surface area contributed by atoms with Gasteiger partial charge in [0.15, 0.2) is 0 Å². The molecule has 0 nitrogen and oxygen atoms in total. The molecule has 1 aromatic carbocycles. The molecule has 2 aliphatic rings. The van der Waals surface area contributed by atoms with E-state index in [0.717, 1.165) is 17.8 Å². The molecular weight excluding hydrogens is 328 g/mol. The summed E-state index contributed by atoms with van der Waals surface area (Å²) in [6.45, 7) is 4.66. The summed E-state index contributed by atoms with van der Waals surface area (Å²) in [7, 11) is -0.286. The van der Waals surface area contributed by atoms with Crippen LogP contribution in [0.2, 0.25) is 18.1 Å². The highest BCUT2D eigenvalue weighted by Gasteiger charge is 2.30. The monoisotopic (exact) mass is 370 g/mol. The molecule has 3 rings (SSSR count). The van der Waals surface area contributed by atoms with Crippen molar-refractivity contribution in [3.05, 3.63) is 35.4 Å². The van der Waals surface area contributed by atoms with E-state index in [2.05, 4.69) is 38.1 Å². The molecule has 1 heteroatoms. The van der Waals surface area contributed by atoms with E-state index in [0.29, 0.717) is 0 Å². The van der Waals surface area contributed by atoms with Gasteiger partial charge in [0.05, 0.1) is 0 Å². The summed E-state index contributed by atoms with van der Waals surface area (Å²) in [5, 5.41) is 0. The number of hydrogen-bond acceptors (Lipinski definition) is 0. The van der Waals surface area contributed by atoms with Crippen molar-refractivity contribution >= 4 is 8.80 Å². The topological polar surface area (TPSA) is 0 Å². The molecule has 1 aliphatic heterocycles. The van der Waals surface area contributed by atoms with Crippen molar-refractivity contribution in [1.82, 2.24) is 0 Å². The molecule has 1 saturated heterocycles. The summed E-state index contributed by atoms with van der Waals surface area (Å²) in [6.07, 6.45) is 16.0. The molecule has 0 spiro atoms. The molecule has 146 valence electrons. The van der Waals surface area contributed by atoms with Crippen LogP contribution in [-0.4, -0.2) is 8.80 Å². The number of aryl methyl sites for hydroxylation is 2. The van der Waals surface area contributed by atoms with Crippen molar-refractivity contribution in [3.8, 4) is 0 Å². The van der Waals surface area contributed by atoms with E-state index in [-0.39, 0.29) is 8.80 Å². The minimum Gasteiger partial charge on any atom is -0.0657 e. The van der Waals surface area contributed by atoms with Crippen LogP contribution in [0.1, 0.15) is 82.8 Å². The minimum absolute atomic E-state index is 0.286. The number of benzene rings is 1. The third-order valence-corrected chi connectivity index (χ3v) is 11.2. The molecule has 1 heterocycles. The Morgan fingerprint density at radius 3 is 1.88 bits per heavy atom. The van der Waals surface area contributed by atoms with Crippen LogP contribution in [0, 0.1) is 17.8 Å². The second kappa shape index (κ2) is 10.7. The Labute approximate surface area is 164 Å². The molecule has 1 aromatic rings. The van der Waals surface area contributed by atoms with Crippen LogP contribution in [0.15, 0.2) is 24.3 Å². The van der Waals surface area contributed by atoms with Crippen LogP contribution in [0.5, 0.6) is 0 Å². The molecule has 26 heavy (non-hydrogen) atoms. The Kier molecular flexibility index (Phi) is 8.30. The molecule has 0 bridgehead atoms. The van der Waals surface area contributed by atoms with E-state index in [1.165, 1.54) is 50.5 Å². The molecule has 2 fully saturated rings. The van der Waals surface area contributed by atoms with Gasteiger partial charge < -0.3 is 0 Å². The Bertz CT molecular complexity index is 489. The fourth-order valence-corrected chi connectivity index (χ4v) is 9.32. The first-order valence-corrected chi connectivity index (χ1v) is 14.3. The van der Waals surface area contributed by atoms with Crippen LogP contribution in [0.25, 0.3) is 0 Å². The van der Waals surface area contributed by atoms with Gasteiger partial charge >= 0.3 is 0 Å². The molecular formula is C25H42Si. The van der Waals surface area contributed by atoms with E-state index < -0.39 is 0 Å². The van der Waals surface area contributed by atoms with E-state index in [9.17, 15) is 0 Å². The summed E-state index contributed by atoms with van der Waals surface area (Å²) < 4.78 is 0. The molecule has 1 aliphatic carbocycles. The van der Waals surface area contributed by atoms with Gasteiger partial charge in [-0.1, -0.05) is 94.8 Å². The van der Waals surface area contributed by atoms with Crippen LogP contribution in [0.3, 0.4) is 0 Å². The highest BCUT2D eigenvalue weighted by atomic mass is 28.3. The summed E-state index contributed by atoms with van der Waals surface area (Å²) in [5.41, 5.74) is 3.07. The van der Waals surface area contributed by atoms with E-state index in [1.54, 1.807) is 49.4 Å². The lowest BCUT2D eigenvalue weighted by Crippen LogP contribution is -2.28. The highest BCUT2D eigenvalue weighted by Crippen LogP contribution is 2.41. The van der Waals surface area contributed by atoms with Gasteiger partial charge in [0, 0.05) is 8.80 Å². The molecule has 1 saturated carbocycles. The van der Waals surface area contributed by atoms with Crippen LogP contribution in [-0.2, 0) is 12.8 Å². The van der Waals surface area contributed by atoms with E-state index >= 15 is 0 Å². The van der Waals surface area contributed by atoms with Crippen molar-refractivity contribution in [2.24, 2.45) is 17.8 Å². The lowest BCUT2D eigenvalue weighted by atomic mass is 9.73. The van der Waals surface area contributed by atoms with E-state index in [4.69, 9.17) is 0 Å². The van der Waals surface area contributed by atoms with Crippen molar-refractivity contribution in [2.45, 2.75) is 103 Å². The van der Waals surface area contributed by atoms with Gasteiger partial charge in [0.2, 0.25) is 0 Å². The third-order valence-electron chi connectivity index (χ3n) is 7.55. The maximum absolute atomic E-state index is 2.39. The van der Waals surface area contributed by atoms with Crippen LogP contribution < -0.4 is 0 Å². The number of rotatable bonds is 8. The lowest BCUT2D eigenvalue weighted by Gasteiger charge is -2.37. The van der Waals surface area contributed by atoms with Crippen molar-refractivity contribution in [1.29, 1.82) is 0 Å². The van der Waals surface area contributed by atoms with Gasteiger partial charge in [-0.15, -0.1) is 0 Å². The SMILES string of the molecule is CCCc1ccc(CC[C@H]2CC[C@H]([C@H]3CC[Si@H](CCC)CC3)CC2)cc1. The number of hydrogen-bond donors (Lipinski definition) is 0. The Morgan fingerprint density at radius 1 is 0.731 bits per heavy atom. The minimum atomic E-state index is -0.286. The highest BCUT2D eigenvalue weighted by molar-refractivity contribution is 6.58. The van der Waals surface area contributed by atoms with Gasteiger partial charge in [-0.25, -0.2) is 0 Å². The van der Waals surface area contributed by atoms with Crippen molar-refractivity contribution in [3.63, 3.8) is 0 Å². The first-order chi connectivity index (χ1) is 12.8. The Hall–Kier alpha value is -0.563. The fourth-order valence-electron chi connectivity index (χ4n) is 5.84. The first-order valence-electron chi connectivity index (χ1n) is 11.9. The standard InChI is InChI=1S/C25H42Si/c1-3-5-21-6-8-22(9-7-21)10-11-23-12-14-24(15-13-23)25-16-19-26(18-4-2)20-17-25/h6-9,23-26H,3-5,10-20H2,1-2H3/t23-,24-,25-,26-. The zero-order valence-corrected chi connectivity index (χ0v) is 18.7. The average Bonchev–Trinajstić information content (AvgIpc) is 2.69. The smallest absolute Gasteiger partial charge is 0.0367 e. The predicted octanol–water partition coefficient (Wildman–Crippen LogP) is 7.43. The molecule has 0 amide bonds. The second-order valence-corrected chi connectivity index (χ2v) is 12.9. The summed E-state index contributed by atoms with van der Waals surface area (Å²) in [4.78, 5) is 0. The normalized spacial score (nSPS) is 29.6. The van der Waals surface area contributed by atoms with E-state index in [1.807, 2.05) is 0 Å². The van der Waals surface area contributed by atoms with Crippen LogP contribution >= 0.6 is 0 Å². The molecule has 0 N–H and O–H groups in total. The maximum Gasteiger partial charge on any atom is 0.0367 e. The lowest BCUT2D eigenvalue weighted by molar-refractivity contribution is 0.186. The molecule has 0 unspecified atom stereocenters. The zero-order valence-electron chi connectivity index (χ0n) is 17.5.